The summed E-state index contributed by atoms with van der Waals surface area (Å²) in [5.41, 5.74) is 2.59. The normalized spacial score (nSPS) is 20.7. The lowest BCUT2D eigenvalue weighted by Gasteiger charge is -2.31. The highest BCUT2D eigenvalue weighted by Crippen LogP contribution is 2.33. The molecule has 3 saturated heterocycles. The van der Waals surface area contributed by atoms with Crippen LogP contribution in [0.15, 0.2) is 42.7 Å². The van der Waals surface area contributed by atoms with Gasteiger partial charge in [0.25, 0.3) is 0 Å². The molecule has 3 aliphatic rings. The molecule has 0 bridgehead atoms. The third-order valence-electron chi connectivity index (χ3n) is 8.36. The molecule has 0 amide bonds. The number of benzene rings is 1. The van der Waals surface area contributed by atoms with Gasteiger partial charge in [0.15, 0.2) is 5.75 Å². The van der Waals surface area contributed by atoms with Gasteiger partial charge < -0.3 is 19.7 Å². The summed E-state index contributed by atoms with van der Waals surface area (Å²) in [5.74, 6) is 2.60. The van der Waals surface area contributed by atoms with Crippen LogP contribution in [0.4, 0.5) is 5.95 Å². The van der Waals surface area contributed by atoms with Gasteiger partial charge in [0, 0.05) is 60.3 Å². The Bertz CT molecular complexity index is 1370. The first-order valence-electron chi connectivity index (χ1n) is 14.2. The van der Waals surface area contributed by atoms with E-state index >= 15 is 0 Å². The van der Waals surface area contributed by atoms with Gasteiger partial charge in [-0.05, 0) is 74.0 Å². The van der Waals surface area contributed by atoms with Gasteiger partial charge in [0.05, 0.1) is 25.2 Å². The molecule has 3 aliphatic heterocycles. The number of halogens is 3. The number of carbonyl (C=O) groups excluding carboxylic acids is 1. The molecule has 1 aromatic carbocycles. The number of likely N-dealkylation sites (tertiary alicyclic amines) is 1. The van der Waals surface area contributed by atoms with Crippen molar-refractivity contribution in [2.75, 3.05) is 44.7 Å². The minimum atomic E-state index is -0.138. The molecular formula is C30H35Cl3N6O3. The Balaban J connectivity index is 0.00000353. The number of ether oxygens (including phenoxy) is 2. The maximum atomic E-state index is 11.7. The Kier molecular flexibility index (Phi) is 10.1. The number of nitrogens with zero attached hydrogens (tertiary/aromatic N) is 5. The van der Waals surface area contributed by atoms with E-state index in [0.717, 1.165) is 81.3 Å². The number of piperidine rings is 1. The van der Waals surface area contributed by atoms with Gasteiger partial charge >= 0.3 is 5.97 Å². The van der Waals surface area contributed by atoms with Gasteiger partial charge in [0.1, 0.15) is 0 Å². The van der Waals surface area contributed by atoms with Crippen LogP contribution < -0.4 is 15.0 Å². The Morgan fingerprint density at radius 1 is 1.00 bits per heavy atom. The minimum Gasteiger partial charge on any atom is -0.469 e. The molecule has 5 heterocycles. The Hall–Kier alpha value is -2.69. The zero-order chi connectivity index (χ0) is 28.3. The number of anilines is 1. The van der Waals surface area contributed by atoms with E-state index in [-0.39, 0.29) is 18.4 Å². The van der Waals surface area contributed by atoms with Crippen molar-refractivity contribution in [2.45, 2.75) is 38.3 Å². The molecule has 224 valence electrons. The average Bonchev–Trinajstić information content (AvgIpc) is 3.59. The topological polar surface area (TPSA) is 92.7 Å². The van der Waals surface area contributed by atoms with Gasteiger partial charge in [-0.3, -0.25) is 9.69 Å². The van der Waals surface area contributed by atoms with Crippen LogP contribution in [-0.2, 0) is 16.1 Å². The fourth-order valence-electron chi connectivity index (χ4n) is 6.21. The summed E-state index contributed by atoms with van der Waals surface area (Å²) in [5, 5.41) is 4.56. The van der Waals surface area contributed by atoms with Crippen LogP contribution >= 0.6 is 35.6 Å². The molecule has 0 radical (unpaired) electrons. The van der Waals surface area contributed by atoms with E-state index in [2.05, 4.69) is 31.2 Å². The van der Waals surface area contributed by atoms with Gasteiger partial charge in [0.2, 0.25) is 11.8 Å². The van der Waals surface area contributed by atoms with Crippen molar-refractivity contribution < 1.29 is 14.3 Å². The zero-order valence-electron chi connectivity index (χ0n) is 23.5. The number of hydrogen-bond donors (Lipinski definition) is 1. The first-order valence-corrected chi connectivity index (χ1v) is 14.9. The Morgan fingerprint density at radius 3 is 2.45 bits per heavy atom. The average molecular weight is 634 g/mol. The quantitative estimate of drug-likeness (QED) is 0.317. The van der Waals surface area contributed by atoms with Crippen molar-refractivity contribution in [1.82, 2.24) is 25.2 Å². The Labute approximate surface area is 262 Å². The molecule has 2 aromatic heterocycles. The molecule has 9 nitrogen and oxygen atoms in total. The maximum Gasteiger partial charge on any atom is 0.305 e. The van der Waals surface area contributed by atoms with E-state index < -0.39 is 0 Å². The molecule has 0 aliphatic carbocycles. The summed E-state index contributed by atoms with van der Waals surface area (Å²) >= 11 is 12.6. The molecule has 3 fully saturated rings. The predicted molar refractivity (Wildman–Crippen MR) is 166 cm³/mol. The molecule has 3 aromatic rings. The number of methoxy groups -OCH3 is 1. The van der Waals surface area contributed by atoms with E-state index in [1.807, 2.05) is 18.2 Å². The second kappa shape index (κ2) is 13.7. The summed E-state index contributed by atoms with van der Waals surface area (Å²) in [6, 6.07) is 9.86. The minimum absolute atomic E-state index is 0. The van der Waals surface area contributed by atoms with E-state index in [0.29, 0.717) is 46.0 Å². The largest absolute Gasteiger partial charge is 0.469 e. The van der Waals surface area contributed by atoms with E-state index in [9.17, 15) is 4.79 Å². The van der Waals surface area contributed by atoms with Crippen LogP contribution in [0.5, 0.6) is 11.6 Å². The zero-order valence-corrected chi connectivity index (χ0v) is 25.8. The number of hydrogen-bond acceptors (Lipinski definition) is 9. The summed E-state index contributed by atoms with van der Waals surface area (Å²) in [6.45, 7) is 5.56. The smallest absolute Gasteiger partial charge is 0.305 e. The summed E-state index contributed by atoms with van der Waals surface area (Å²) in [4.78, 5) is 30.4. The molecule has 6 rings (SSSR count). The summed E-state index contributed by atoms with van der Waals surface area (Å²) in [6.07, 6.45) is 6.99. The number of carbonyl (C=O) groups is 1. The number of fused-ring (bicyclic) bond motifs is 1. The monoisotopic (exact) mass is 632 g/mol. The van der Waals surface area contributed by atoms with Gasteiger partial charge in [-0.2, -0.15) is 0 Å². The van der Waals surface area contributed by atoms with Crippen LogP contribution in [0.3, 0.4) is 0 Å². The lowest BCUT2D eigenvalue weighted by molar-refractivity contribution is -0.142. The van der Waals surface area contributed by atoms with Crippen molar-refractivity contribution in [3.05, 3.63) is 58.3 Å². The fraction of sp³-hybridized carbons (Fsp3) is 0.467. The second-order valence-corrected chi connectivity index (χ2v) is 12.0. The van der Waals surface area contributed by atoms with Crippen LogP contribution in [0, 0.1) is 11.8 Å². The third-order valence-corrected chi connectivity index (χ3v) is 8.79. The highest BCUT2D eigenvalue weighted by atomic mass is 35.5. The van der Waals surface area contributed by atoms with Crippen LogP contribution in [0.2, 0.25) is 10.0 Å². The lowest BCUT2D eigenvalue weighted by Crippen LogP contribution is -2.35. The number of pyridine rings is 1. The van der Waals surface area contributed by atoms with Crippen molar-refractivity contribution >= 4 is 47.5 Å². The predicted octanol–water partition coefficient (Wildman–Crippen LogP) is 5.63. The van der Waals surface area contributed by atoms with Crippen molar-refractivity contribution in [3.8, 4) is 22.9 Å². The molecule has 2 atom stereocenters. The van der Waals surface area contributed by atoms with E-state index in [1.165, 1.54) is 7.11 Å². The van der Waals surface area contributed by atoms with Crippen LogP contribution in [0.25, 0.3) is 11.3 Å². The number of esters is 1. The standard InChI is InChI=1S/C30H34Cl2N6O3.ClH/c1-40-29(39)10-19-2-5-37(6-3-19)18-20-8-26(22-11-23(31)13-24(32)12-22)36-28(9-20)41-25-15-34-30(35-16-25)38-7-4-21-14-33-17-27(21)38;/h8-9,11-13,15-16,19,21,27,33H,2-7,10,14,17-18H2,1H3;1H. The SMILES string of the molecule is COC(=O)CC1CCN(Cc2cc(Oc3cnc(N4CCC5CNCC54)nc3)nc(-c3cc(Cl)cc(Cl)c3)c2)CC1.Cl. The first-order chi connectivity index (χ1) is 19.9. The maximum absolute atomic E-state index is 11.7. The third kappa shape index (κ3) is 7.26. The van der Waals surface area contributed by atoms with Crippen LogP contribution in [0.1, 0.15) is 31.2 Å². The number of nitrogens with one attached hydrogen (secondary N) is 1. The number of rotatable bonds is 8. The first kappa shape index (κ1) is 30.8. The fourth-order valence-corrected chi connectivity index (χ4v) is 6.73. The van der Waals surface area contributed by atoms with Crippen LogP contribution in [-0.4, -0.2) is 71.7 Å². The van der Waals surface area contributed by atoms with Crippen molar-refractivity contribution in [3.63, 3.8) is 0 Å². The van der Waals surface area contributed by atoms with Gasteiger partial charge in [-0.25, -0.2) is 15.0 Å². The summed E-state index contributed by atoms with van der Waals surface area (Å²) < 4.78 is 11.1. The Morgan fingerprint density at radius 2 is 1.74 bits per heavy atom. The highest BCUT2D eigenvalue weighted by Gasteiger charge is 2.38. The molecular weight excluding hydrogens is 599 g/mol. The van der Waals surface area contributed by atoms with E-state index in [1.54, 1.807) is 18.5 Å². The van der Waals surface area contributed by atoms with E-state index in [4.69, 9.17) is 37.7 Å². The number of aromatic nitrogens is 3. The van der Waals surface area contributed by atoms with Gasteiger partial charge in [-0.15, -0.1) is 12.4 Å². The molecule has 42 heavy (non-hydrogen) atoms. The molecule has 0 saturated carbocycles. The van der Waals surface area contributed by atoms with Gasteiger partial charge in [-0.1, -0.05) is 23.2 Å². The lowest BCUT2D eigenvalue weighted by atomic mass is 9.93. The molecule has 1 N–H and O–H groups in total. The van der Waals surface area contributed by atoms with Crippen molar-refractivity contribution in [1.29, 1.82) is 0 Å². The highest BCUT2D eigenvalue weighted by molar-refractivity contribution is 6.35. The second-order valence-electron chi connectivity index (χ2n) is 11.1. The molecule has 2 unspecified atom stereocenters. The summed E-state index contributed by atoms with van der Waals surface area (Å²) in [7, 11) is 1.45. The van der Waals surface area contributed by atoms with Crippen molar-refractivity contribution in [2.24, 2.45) is 11.8 Å². The molecule has 0 spiro atoms. The molecule has 12 heteroatoms.